The zero-order valence-electron chi connectivity index (χ0n) is 35.6. The first-order valence-corrected chi connectivity index (χ1v) is 23.4. The van der Waals surface area contributed by atoms with Crippen molar-refractivity contribution in [2.45, 2.75) is 96.1 Å². The van der Waals surface area contributed by atoms with Gasteiger partial charge in [0.25, 0.3) is 0 Å². The number of carboxylic acids is 1. The molecular formula is C53H64N2O5. The minimum absolute atomic E-state index is 0.209. The van der Waals surface area contributed by atoms with E-state index in [4.69, 9.17) is 9.47 Å². The molecule has 7 nitrogen and oxygen atoms in total. The Kier molecular flexibility index (Phi) is 11.5. The van der Waals surface area contributed by atoms with Crippen molar-refractivity contribution in [3.63, 3.8) is 0 Å². The lowest BCUT2D eigenvalue weighted by Crippen LogP contribution is -2.51. The smallest absolute Gasteiger partial charge is 0.309 e. The van der Waals surface area contributed by atoms with Crippen LogP contribution in [0.5, 0.6) is 11.5 Å². The van der Waals surface area contributed by atoms with Crippen LogP contribution >= 0.6 is 0 Å². The fourth-order valence-electron chi connectivity index (χ4n) is 12.2. The number of likely N-dealkylation sites (tertiary alicyclic amines) is 2. The summed E-state index contributed by atoms with van der Waals surface area (Å²) in [6, 6.07) is 30.1. The van der Waals surface area contributed by atoms with E-state index in [1.807, 2.05) is 0 Å². The van der Waals surface area contributed by atoms with Gasteiger partial charge in [-0.25, -0.2) is 0 Å². The normalized spacial score (nSPS) is 27.2. The molecular weight excluding hydrogens is 745 g/mol. The van der Waals surface area contributed by atoms with Crippen LogP contribution in [0.3, 0.4) is 0 Å². The van der Waals surface area contributed by atoms with E-state index in [2.05, 4.69) is 95.6 Å². The van der Waals surface area contributed by atoms with Crippen molar-refractivity contribution in [1.29, 1.82) is 0 Å². The lowest BCUT2D eigenvalue weighted by atomic mass is 9.68. The molecule has 0 bridgehead atoms. The van der Waals surface area contributed by atoms with Crippen LogP contribution in [0.4, 0.5) is 0 Å². The first-order valence-electron chi connectivity index (χ1n) is 23.4. The van der Waals surface area contributed by atoms with Crippen molar-refractivity contribution in [3.05, 3.63) is 107 Å². The fourth-order valence-corrected chi connectivity index (χ4v) is 12.2. The third kappa shape index (κ3) is 8.26. The Labute approximate surface area is 357 Å². The number of benzene rings is 4. The van der Waals surface area contributed by atoms with Gasteiger partial charge in [0, 0.05) is 50.8 Å². The highest BCUT2D eigenvalue weighted by Crippen LogP contribution is 2.45. The molecule has 0 spiro atoms. The number of rotatable bonds is 13. The number of aliphatic hydroxyl groups is 1. The van der Waals surface area contributed by atoms with Crippen LogP contribution < -0.4 is 9.47 Å². The molecule has 10 rings (SSSR count). The lowest BCUT2D eigenvalue weighted by Gasteiger charge is -2.42. The van der Waals surface area contributed by atoms with Gasteiger partial charge in [-0.3, -0.25) is 14.6 Å². The maximum atomic E-state index is 11.3. The minimum atomic E-state index is -0.666. The predicted octanol–water partition coefficient (Wildman–Crippen LogP) is 10.3. The Bertz CT molecular complexity index is 2140. The Hall–Kier alpha value is -4.17. The second-order valence-corrected chi connectivity index (χ2v) is 19.6. The van der Waals surface area contributed by atoms with E-state index in [0.717, 1.165) is 68.9 Å². The molecule has 60 heavy (non-hydrogen) atoms. The number of hydrogen-bond acceptors (Lipinski definition) is 6. The SMILES string of the molecule is Cc1cc2c(cc1-c1ccc(OCC3CCCC(C4CCCC(COc5ccc(-c6ccc7c(c6)CCC7N6CC(C(=O)O)C6)cc5)C4)C3)cc1)CCC2N1CC(CO)C1. The number of nitrogens with zero attached hydrogens (tertiary/aromatic N) is 2. The summed E-state index contributed by atoms with van der Waals surface area (Å²) in [6.07, 6.45) is 14.9. The maximum absolute atomic E-state index is 11.3. The summed E-state index contributed by atoms with van der Waals surface area (Å²) >= 11 is 0. The Morgan fingerprint density at radius 1 is 0.617 bits per heavy atom. The van der Waals surface area contributed by atoms with Gasteiger partial charge in [0.1, 0.15) is 11.5 Å². The summed E-state index contributed by atoms with van der Waals surface area (Å²) in [4.78, 5) is 16.2. The second-order valence-electron chi connectivity index (χ2n) is 19.6. The summed E-state index contributed by atoms with van der Waals surface area (Å²) in [6.45, 7) is 7.58. The number of hydrogen-bond donors (Lipinski definition) is 2. The highest BCUT2D eigenvalue weighted by atomic mass is 16.5. The van der Waals surface area contributed by atoms with Crippen LogP contribution in [0.25, 0.3) is 22.3 Å². The van der Waals surface area contributed by atoms with E-state index >= 15 is 0 Å². The van der Waals surface area contributed by atoms with Gasteiger partial charge in [-0.2, -0.15) is 0 Å². The standard InChI is InChI=1S/C53H64N2O5/c1-34-22-50-44(14-21-52(50)54-27-37(28-54)31-56)26-49(34)39-10-17-47(18-11-39)60-33-36-5-3-7-41(24-36)40-6-2-4-35(23-40)32-59-46-15-8-38(9-16-46)42-12-19-48-43(25-42)13-20-51(48)55-29-45(30-55)53(57)58/h8-12,15-19,22,25-26,35-37,40-41,45,51-52,56H,2-7,13-14,20-21,23-24,27-33H2,1H3,(H,57,58). The van der Waals surface area contributed by atoms with Gasteiger partial charge in [0.2, 0.25) is 0 Å². The van der Waals surface area contributed by atoms with Crippen molar-refractivity contribution < 1.29 is 24.5 Å². The van der Waals surface area contributed by atoms with E-state index in [-0.39, 0.29) is 5.92 Å². The number of aryl methyl sites for hydroxylation is 3. The van der Waals surface area contributed by atoms with E-state index < -0.39 is 5.97 Å². The van der Waals surface area contributed by atoms with Gasteiger partial charge in [0.05, 0.1) is 19.1 Å². The Morgan fingerprint density at radius 2 is 1.17 bits per heavy atom. The Balaban J connectivity index is 0.680. The van der Waals surface area contributed by atoms with Crippen LogP contribution in [0.15, 0.2) is 78.9 Å². The summed E-state index contributed by atoms with van der Waals surface area (Å²) in [5.74, 6) is 4.38. The molecule has 0 amide bonds. The number of carbonyl (C=O) groups is 1. The van der Waals surface area contributed by atoms with E-state index in [1.54, 1.807) is 0 Å². The third-order valence-electron chi connectivity index (χ3n) is 15.7. The first kappa shape index (κ1) is 39.9. The molecule has 2 saturated carbocycles. The summed E-state index contributed by atoms with van der Waals surface area (Å²) in [5, 5.41) is 18.8. The Morgan fingerprint density at radius 3 is 1.77 bits per heavy atom. The summed E-state index contributed by atoms with van der Waals surface area (Å²) in [7, 11) is 0. The van der Waals surface area contributed by atoms with Gasteiger partial charge in [-0.05, 0) is 156 Å². The van der Waals surface area contributed by atoms with E-state index in [1.165, 1.54) is 108 Å². The van der Waals surface area contributed by atoms with Gasteiger partial charge >= 0.3 is 5.97 Å². The molecule has 2 N–H and O–H groups in total. The van der Waals surface area contributed by atoms with Gasteiger partial charge in [0.15, 0.2) is 0 Å². The molecule has 0 aromatic heterocycles. The topological polar surface area (TPSA) is 82.5 Å². The first-order chi connectivity index (χ1) is 29.3. The van der Waals surface area contributed by atoms with Crippen LogP contribution in [0.1, 0.15) is 104 Å². The molecule has 0 radical (unpaired) electrons. The van der Waals surface area contributed by atoms with Gasteiger partial charge in [-0.15, -0.1) is 0 Å². The highest BCUT2D eigenvalue weighted by molar-refractivity contribution is 5.72. The average Bonchev–Trinajstić information content (AvgIpc) is 3.85. The molecule has 4 aliphatic carbocycles. The maximum Gasteiger partial charge on any atom is 0.309 e. The monoisotopic (exact) mass is 808 g/mol. The zero-order valence-corrected chi connectivity index (χ0v) is 35.6. The number of aliphatic carboxylic acids is 1. The molecule has 2 heterocycles. The molecule has 6 atom stereocenters. The van der Waals surface area contributed by atoms with E-state index in [0.29, 0.717) is 49.5 Å². The number of carboxylic acid groups (broad SMARTS) is 1. The van der Waals surface area contributed by atoms with Crippen LogP contribution in [0.2, 0.25) is 0 Å². The van der Waals surface area contributed by atoms with Crippen molar-refractivity contribution in [2.24, 2.45) is 35.5 Å². The molecule has 7 heteroatoms. The lowest BCUT2D eigenvalue weighted by molar-refractivity contribution is -0.148. The van der Waals surface area contributed by atoms with Crippen LogP contribution in [0, 0.1) is 42.4 Å². The molecule has 2 aliphatic heterocycles. The molecule has 4 aromatic rings. The largest absolute Gasteiger partial charge is 0.493 e. The number of ether oxygens (including phenoxy) is 2. The quantitative estimate of drug-likeness (QED) is 0.139. The average molecular weight is 809 g/mol. The van der Waals surface area contributed by atoms with E-state index in [9.17, 15) is 15.0 Å². The van der Waals surface area contributed by atoms with Crippen molar-refractivity contribution in [1.82, 2.24) is 9.80 Å². The molecule has 2 saturated heterocycles. The van der Waals surface area contributed by atoms with Gasteiger partial charge in [-0.1, -0.05) is 80.3 Å². The molecule has 4 fully saturated rings. The van der Waals surface area contributed by atoms with Crippen molar-refractivity contribution in [3.8, 4) is 33.8 Å². The van der Waals surface area contributed by atoms with Crippen LogP contribution in [-0.2, 0) is 17.6 Å². The molecule has 316 valence electrons. The number of aliphatic hydroxyl groups excluding tert-OH is 1. The fraction of sp³-hybridized carbons (Fsp3) is 0.528. The second kappa shape index (κ2) is 17.3. The molecule has 6 unspecified atom stereocenters. The van der Waals surface area contributed by atoms with Crippen molar-refractivity contribution in [2.75, 3.05) is 46.0 Å². The predicted molar refractivity (Wildman–Crippen MR) is 237 cm³/mol. The van der Waals surface area contributed by atoms with Crippen molar-refractivity contribution >= 4 is 5.97 Å². The molecule has 6 aliphatic rings. The summed E-state index contributed by atoms with van der Waals surface area (Å²) in [5.41, 5.74) is 12.2. The summed E-state index contributed by atoms with van der Waals surface area (Å²) < 4.78 is 12.9. The highest BCUT2D eigenvalue weighted by Gasteiger charge is 2.40. The minimum Gasteiger partial charge on any atom is -0.493 e. The number of fused-ring (bicyclic) bond motifs is 2. The third-order valence-corrected chi connectivity index (χ3v) is 15.7. The molecule has 4 aromatic carbocycles. The zero-order chi connectivity index (χ0) is 40.7. The van der Waals surface area contributed by atoms with Gasteiger partial charge < -0.3 is 19.7 Å². The van der Waals surface area contributed by atoms with Crippen LogP contribution in [-0.4, -0.2) is 72.0 Å².